The van der Waals surface area contributed by atoms with Crippen LogP contribution in [0, 0.1) is 5.82 Å². The lowest BCUT2D eigenvalue weighted by atomic mass is 10.0. The van der Waals surface area contributed by atoms with Crippen LogP contribution in [-0.2, 0) is 32.9 Å². The third kappa shape index (κ3) is 18.0. The van der Waals surface area contributed by atoms with Crippen LogP contribution in [0.3, 0.4) is 0 Å². The average molecular weight is 1010 g/mol. The Kier molecular flexibility index (Phi) is 20.8. The van der Waals surface area contributed by atoms with E-state index in [4.69, 9.17) is 55.8 Å². The molecule has 15 N–H and O–H groups in total. The number of halogens is 7. The maximum atomic E-state index is 14.4. The summed E-state index contributed by atoms with van der Waals surface area (Å²) in [6.45, 7) is -1.04. The van der Waals surface area contributed by atoms with Gasteiger partial charge in [0.25, 0.3) is 0 Å². The van der Waals surface area contributed by atoms with Gasteiger partial charge < -0.3 is 81.0 Å². The number of aromatic amines is 1. The van der Waals surface area contributed by atoms with E-state index < -0.39 is 165 Å². The van der Waals surface area contributed by atoms with Gasteiger partial charge in [-0.15, -0.1) is 9.55 Å². The quantitative estimate of drug-likeness (QED) is 0.0442. The van der Waals surface area contributed by atoms with E-state index in [0.717, 1.165) is 6.92 Å². The molecule has 30 heteroatoms. The number of benzene rings is 2. The van der Waals surface area contributed by atoms with Crippen molar-refractivity contribution in [2.75, 3.05) is 53.6 Å². The Labute approximate surface area is 382 Å². The van der Waals surface area contributed by atoms with Crippen LogP contribution in [0.15, 0.2) is 47.2 Å². The molecule has 22 nitrogen and oxygen atoms in total. The number of morpholine rings is 1. The Hall–Kier alpha value is -3.56. The van der Waals surface area contributed by atoms with Gasteiger partial charge in [-0.3, -0.25) is 9.88 Å². The highest BCUT2D eigenvalue weighted by Crippen LogP contribution is 2.40. The molecule has 11 atom stereocenters. The number of nitrogens with one attached hydrogen (secondary N) is 3. The number of rotatable bonds is 19. The zero-order chi connectivity index (χ0) is 54.7. The van der Waals surface area contributed by atoms with Gasteiger partial charge in [0.05, 0.1) is 67.3 Å². The fourth-order valence-corrected chi connectivity index (χ4v) is 6.34. The second-order valence-corrected chi connectivity index (χ2v) is 15.9. The Morgan fingerprint density at radius 2 is 1.28 bits per heavy atom. The number of nitrogens with zero attached hydrogens (tertiary/aromatic N) is 3. The molecule has 2 heterocycles. The van der Waals surface area contributed by atoms with Gasteiger partial charge in [-0.25, -0.2) is 13.8 Å². The molecular formula is C37H56F7N6O16P. The summed E-state index contributed by atoms with van der Waals surface area (Å²) in [6.07, 6.45) is -25.0. The van der Waals surface area contributed by atoms with Crippen LogP contribution in [0.25, 0.3) is 0 Å². The molecule has 67 heavy (non-hydrogen) atoms. The van der Waals surface area contributed by atoms with Gasteiger partial charge in [0.1, 0.15) is 48.3 Å². The number of H-pyrrole nitrogens is 1. The monoisotopic (exact) mass is 1010 g/mol. The second kappa shape index (κ2) is 26.4. The topological polar surface area (TPSA) is 356 Å². The Balaban J connectivity index is 0.000000542. The van der Waals surface area contributed by atoms with Crippen molar-refractivity contribution < 1.29 is 111 Å². The third-order valence-electron chi connectivity index (χ3n) is 9.36. The Morgan fingerprint density at radius 1 is 0.836 bits per heavy atom. The van der Waals surface area contributed by atoms with E-state index in [2.05, 4.69) is 20.7 Å². The Bertz CT molecular complexity index is 2180. The van der Waals surface area contributed by atoms with Crippen LogP contribution < -0.4 is 16.3 Å². The molecule has 0 saturated carbocycles. The molecule has 1 saturated heterocycles. The number of ether oxygens (including phenoxy) is 2. The smallest absolute Gasteiger partial charge is 0.394 e. The lowest BCUT2D eigenvalue weighted by Crippen LogP contribution is -2.48. The number of likely N-dealkylation sites (N-methyl/N-ethyl adjacent to an activating group) is 2. The second-order valence-electron chi connectivity index (χ2n) is 14.5. The molecule has 1 aliphatic rings. The first-order chi connectivity index (χ1) is 32.7. The molecule has 0 unspecified atom stereocenters. The number of aromatic nitrogens is 3. The lowest BCUT2D eigenvalue weighted by molar-refractivity contribution is -0.231. The van der Waals surface area contributed by atoms with Crippen LogP contribution in [-0.4, -0.2) is 189 Å². The standard InChI is InChI=1S/C23H22F7N4O6P.2C7H17NO5/c1-12(14-8-15(22(25,26)27)10-16(9-14)23(28,29)30)40-20-19(13-2-4-17(24)5-3-13)33(6-7-39-20)11-18-31-21(35)34(32-18)41(36,37)38;2*1-8-2-4(10)6(12)7(13)5(11)3-9/h2-5,8-10,12,19-20H,6-7,11H2,1H3,(H,31,32,35)(H2,36,37,38);2*4-13H,2-3H2,1H3/t12-,19+,20-;2*4-,5+,6+,7+/m100/s1/i2D,3D,4D,5D;;. The maximum absolute atomic E-state index is 14.4. The van der Waals surface area contributed by atoms with Crippen LogP contribution in [0.5, 0.6) is 0 Å². The summed E-state index contributed by atoms with van der Waals surface area (Å²) < 4.78 is 150. The predicted molar refractivity (Wildman–Crippen MR) is 216 cm³/mol. The summed E-state index contributed by atoms with van der Waals surface area (Å²) in [4.78, 5) is 34.1. The van der Waals surface area contributed by atoms with E-state index in [1.807, 2.05) is 0 Å². The van der Waals surface area contributed by atoms with Gasteiger partial charge in [-0.2, -0.15) is 26.3 Å². The van der Waals surface area contributed by atoms with Crippen molar-refractivity contribution in [2.24, 2.45) is 0 Å². The number of aliphatic hydroxyl groups excluding tert-OH is 10. The van der Waals surface area contributed by atoms with E-state index >= 15 is 0 Å². The van der Waals surface area contributed by atoms with Gasteiger partial charge in [-0.05, 0) is 62.4 Å². The highest BCUT2D eigenvalue weighted by molar-refractivity contribution is 7.49. The van der Waals surface area contributed by atoms with Crippen molar-refractivity contribution in [3.8, 4) is 0 Å². The normalized spacial score (nSPS) is 21.0. The van der Waals surface area contributed by atoms with Gasteiger partial charge in [0, 0.05) is 19.6 Å². The molecule has 1 aliphatic heterocycles. The number of aliphatic hydroxyl groups is 10. The molecule has 3 aromatic rings. The van der Waals surface area contributed by atoms with Gasteiger partial charge >= 0.3 is 25.8 Å². The maximum Gasteiger partial charge on any atom is 0.454 e. The minimum absolute atomic E-state index is 0.0851. The summed E-state index contributed by atoms with van der Waals surface area (Å²) in [5.74, 6) is -1.90. The molecule has 384 valence electrons. The van der Waals surface area contributed by atoms with Crippen LogP contribution in [0.2, 0.25) is 0 Å². The van der Waals surface area contributed by atoms with E-state index in [9.17, 15) is 60.1 Å². The summed E-state index contributed by atoms with van der Waals surface area (Å²) in [6, 6.07) is -4.94. The van der Waals surface area contributed by atoms with Crippen molar-refractivity contribution in [2.45, 2.75) is 93.1 Å². The summed E-state index contributed by atoms with van der Waals surface area (Å²) in [7, 11) is -2.06. The first-order valence-corrected chi connectivity index (χ1v) is 21.0. The number of hydrogen-bond acceptors (Lipinski definition) is 18. The van der Waals surface area contributed by atoms with Crippen LogP contribution in [0.4, 0.5) is 30.7 Å². The molecule has 0 spiro atoms. The summed E-state index contributed by atoms with van der Waals surface area (Å²) in [5, 5.41) is 98.5. The number of alkyl halides is 6. The molecule has 0 bridgehead atoms. The summed E-state index contributed by atoms with van der Waals surface area (Å²) >= 11 is 0. The van der Waals surface area contributed by atoms with E-state index in [-0.39, 0.29) is 42.6 Å². The molecule has 1 aromatic heterocycles. The highest BCUT2D eigenvalue weighted by Gasteiger charge is 2.40. The van der Waals surface area contributed by atoms with Gasteiger partial charge in [-0.1, -0.05) is 12.1 Å². The van der Waals surface area contributed by atoms with E-state index in [1.165, 1.54) is 4.90 Å². The number of hydrogen-bond donors (Lipinski definition) is 15. The average Bonchev–Trinajstić information content (AvgIpc) is 3.69. The fraction of sp³-hybridized carbons (Fsp3) is 0.622. The molecule has 2 aromatic carbocycles. The predicted octanol–water partition coefficient (Wildman–Crippen LogP) is -2.35. The zero-order valence-corrected chi connectivity index (χ0v) is 36.4. The van der Waals surface area contributed by atoms with Crippen molar-refractivity contribution in [3.05, 3.63) is 86.7 Å². The first-order valence-electron chi connectivity index (χ1n) is 21.5. The molecule has 0 radical (unpaired) electrons. The van der Waals surface area contributed by atoms with Crippen molar-refractivity contribution >= 4 is 7.75 Å². The summed E-state index contributed by atoms with van der Waals surface area (Å²) in [5.41, 5.74) is -5.73. The highest BCUT2D eigenvalue weighted by atomic mass is 31.2. The first kappa shape index (κ1) is 52.8. The van der Waals surface area contributed by atoms with Crippen LogP contribution >= 0.6 is 7.75 Å². The molecule has 0 amide bonds. The molecule has 4 rings (SSSR count). The van der Waals surface area contributed by atoms with Crippen LogP contribution in [0.1, 0.15) is 52.6 Å². The van der Waals surface area contributed by atoms with Crippen molar-refractivity contribution in [1.29, 1.82) is 0 Å². The van der Waals surface area contributed by atoms with Crippen molar-refractivity contribution in [1.82, 2.24) is 30.1 Å². The van der Waals surface area contributed by atoms with Gasteiger partial charge in [0.2, 0.25) is 0 Å². The fourth-order valence-electron chi connectivity index (χ4n) is 5.83. The largest absolute Gasteiger partial charge is 0.454 e. The van der Waals surface area contributed by atoms with E-state index in [0.29, 0.717) is 12.1 Å². The van der Waals surface area contributed by atoms with E-state index in [1.54, 1.807) is 14.1 Å². The third-order valence-corrected chi connectivity index (χ3v) is 10.1. The SMILES string of the molecule is CNC[C@H](O)[C@@H](O)[C@H](O)[C@H](O)CO.CNC[C@H](O)[C@@H](O)[C@H](O)[C@H](O)CO.[2H]c1c([2H])c([C@H]2[C@@H](O[C@H](C)c3cc(C(F)(F)F)cc(C(F)(F)F)c3)OCCN2Cc2nn(P(=O)(O)O)c(=O)[nH]2)c([2H])c([2H])c1F. The minimum atomic E-state index is -5.21. The minimum Gasteiger partial charge on any atom is -0.394 e. The molecule has 0 aliphatic carbocycles. The lowest BCUT2D eigenvalue weighted by Gasteiger charge is -2.41. The molecular weight excluding hydrogens is 948 g/mol. The van der Waals surface area contributed by atoms with Gasteiger partial charge in [0.15, 0.2) is 6.29 Å². The van der Waals surface area contributed by atoms with Crippen molar-refractivity contribution in [3.63, 3.8) is 0 Å². The Morgan fingerprint density at radius 3 is 1.67 bits per heavy atom. The zero-order valence-electron chi connectivity index (χ0n) is 39.5. The molecule has 1 fully saturated rings.